The molecule has 1 fully saturated rings. The molecule has 7 nitrogen and oxygen atoms in total. The molecule has 2 heterocycles. The molecule has 5 rings (SSSR count). The van der Waals surface area contributed by atoms with E-state index in [1.54, 1.807) is 47.4 Å². The molecule has 0 saturated carbocycles. The van der Waals surface area contributed by atoms with E-state index >= 15 is 0 Å². The number of ether oxygens (including phenoxy) is 1. The first kappa shape index (κ1) is 26.7. The van der Waals surface area contributed by atoms with Gasteiger partial charge in [-0.2, -0.15) is 0 Å². The fourth-order valence-corrected chi connectivity index (χ4v) is 4.83. The van der Waals surface area contributed by atoms with Crippen molar-refractivity contribution in [2.45, 2.75) is 31.8 Å². The van der Waals surface area contributed by atoms with E-state index in [1.807, 2.05) is 12.1 Å². The number of amides is 1. The van der Waals surface area contributed by atoms with E-state index in [4.69, 9.17) is 31.4 Å². The van der Waals surface area contributed by atoms with Gasteiger partial charge in [0, 0.05) is 29.1 Å². The molecule has 0 radical (unpaired) electrons. The molecule has 1 amide bonds. The number of carboxylic acid groups (broad SMARTS) is 1. The average Bonchev–Trinajstić information content (AvgIpc) is 2.95. The molecular formula is C30H27ClFN3O4. The van der Waals surface area contributed by atoms with Crippen molar-refractivity contribution in [2.24, 2.45) is 0 Å². The highest BCUT2D eigenvalue weighted by atomic mass is 35.5. The Morgan fingerprint density at radius 1 is 1.00 bits per heavy atom. The quantitative estimate of drug-likeness (QED) is 0.268. The van der Waals surface area contributed by atoms with Crippen LogP contribution in [-0.2, 0) is 16.0 Å². The Bertz CT molecular complexity index is 1500. The standard InChI is InChI=1S/C30H27ClFN3O4/c31-22-10-5-20(6-11-22)29-25(3-1-2-4-28(36)37)33-26-17-21(9-14-24(26)34-29)30(38)35-15-16-39-27(18-35)19-7-12-23(32)13-8-19/h5-14,17,27H,1-4,15-16,18H2,(H,36,37)/t27-/m0/s1. The summed E-state index contributed by atoms with van der Waals surface area (Å²) in [5.74, 6) is -1.29. The lowest BCUT2D eigenvalue weighted by atomic mass is 10.0. The number of aliphatic carboxylic acids is 1. The van der Waals surface area contributed by atoms with Crippen LogP contribution in [0.15, 0.2) is 66.7 Å². The summed E-state index contributed by atoms with van der Waals surface area (Å²) in [5.41, 5.74) is 4.87. The van der Waals surface area contributed by atoms with Gasteiger partial charge >= 0.3 is 5.97 Å². The third-order valence-electron chi connectivity index (χ3n) is 6.75. The van der Waals surface area contributed by atoms with Crippen LogP contribution in [0.4, 0.5) is 4.39 Å². The molecule has 0 spiro atoms. The summed E-state index contributed by atoms with van der Waals surface area (Å²) in [6.07, 6.45) is 1.48. The number of nitrogens with zero attached hydrogens (tertiary/aromatic N) is 3. The van der Waals surface area contributed by atoms with Crippen molar-refractivity contribution < 1.29 is 23.8 Å². The normalized spacial score (nSPS) is 15.4. The molecule has 1 aromatic heterocycles. The van der Waals surface area contributed by atoms with Crippen molar-refractivity contribution in [3.8, 4) is 11.3 Å². The van der Waals surface area contributed by atoms with E-state index in [0.29, 0.717) is 66.3 Å². The number of hydrogen-bond acceptors (Lipinski definition) is 5. The van der Waals surface area contributed by atoms with Crippen LogP contribution >= 0.6 is 11.6 Å². The van der Waals surface area contributed by atoms with E-state index in [1.165, 1.54) is 12.1 Å². The van der Waals surface area contributed by atoms with Gasteiger partial charge in [0.15, 0.2) is 0 Å². The number of aryl methyl sites for hydroxylation is 1. The van der Waals surface area contributed by atoms with Gasteiger partial charge in [-0.1, -0.05) is 35.9 Å². The fourth-order valence-electron chi connectivity index (χ4n) is 4.70. The predicted molar refractivity (Wildman–Crippen MR) is 146 cm³/mol. The third kappa shape index (κ3) is 6.41. The first-order chi connectivity index (χ1) is 18.9. The number of hydrogen-bond donors (Lipinski definition) is 1. The third-order valence-corrected chi connectivity index (χ3v) is 7.00. The molecule has 1 aliphatic heterocycles. The number of halogens is 2. The first-order valence-corrected chi connectivity index (χ1v) is 13.2. The summed E-state index contributed by atoms with van der Waals surface area (Å²) in [6, 6.07) is 18.8. The second-order valence-corrected chi connectivity index (χ2v) is 9.93. The molecule has 3 aromatic carbocycles. The Morgan fingerprint density at radius 3 is 2.51 bits per heavy atom. The molecule has 4 aromatic rings. The predicted octanol–water partition coefficient (Wildman–Crippen LogP) is 6.10. The number of carboxylic acids is 1. The van der Waals surface area contributed by atoms with E-state index < -0.39 is 5.97 Å². The van der Waals surface area contributed by atoms with Crippen molar-refractivity contribution >= 4 is 34.5 Å². The highest BCUT2D eigenvalue weighted by molar-refractivity contribution is 6.30. The van der Waals surface area contributed by atoms with Crippen LogP contribution in [0.25, 0.3) is 22.3 Å². The van der Waals surface area contributed by atoms with Gasteiger partial charge in [-0.3, -0.25) is 9.59 Å². The minimum absolute atomic E-state index is 0.0917. The van der Waals surface area contributed by atoms with Crippen LogP contribution in [0.2, 0.25) is 5.02 Å². The second kappa shape index (κ2) is 11.9. The number of morpholine rings is 1. The van der Waals surface area contributed by atoms with E-state index in [0.717, 1.165) is 16.8 Å². The maximum Gasteiger partial charge on any atom is 0.303 e. The zero-order valence-electron chi connectivity index (χ0n) is 21.1. The van der Waals surface area contributed by atoms with Crippen LogP contribution in [0.3, 0.4) is 0 Å². The molecule has 0 bridgehead atoms. The zero-order valence-corrected chi connectivity index (χ0v) is 21.9. The number of carbonyl (C=O) groups excluding carboxylic acids is 1. The van der Waals surface area contributed by atoms with Crippen LogP contribution in [0.1, 0.15) is 47.0 Å². The maximum atomic E-state index is 13.4. The molecule has 0 aliphatic carbocycles. The van der Waals surface area contributed by atoms with Crippen molar-refractivity contribution in [2.75, 3.05) is 19.7 Å². The SMILES string of the molecule is O=C(O)CCCCc1nc2cc(C(=O)N3CCO[C@H](c4ccc(F)cc4)C3)ccc2nc1-c1ccc(Cl)cc1. The van der Waals surface area contributed by atoms with Gasteiger partial charge in [-0.25, -0.2) is 14.4 Å². The number of fused-ring (bicyclic) bond motifs is 1. The van der Waals surface area contributed by atoms with Gasteiger partial charge in [0.05, 0.1) is 35.6 Å². The lowest BCUT2D eigenvalue weighted by Gasteiger charge is -2.33. The van der Waals surface area contributed by atoms with E-state index in [2.05, 4.69) is 0 Å². The lowest BCUT2D eigenvalue weighted by molar-refractivity contribution is -0.137. The van der Waals surface area contributed by atoms with Crippen LogP contribution < -0.4 is 0 Å². The van der Waals surface area contributed by atoms with Gasteiger partial charge in [0.2, 0.25) is 0 Å². The summed E-state index contributed by atoms with van der Waals surface area (Å²) >= 11 is 6.08. The molecule has 9 heteroatoms. The van der Waals surface area contributed by atoms with Gasteiger partial charge in [0.1, 0.15) is 11.9 Å². The lowest BCUT2D eigenvalue weighted by Crippen LogP contribution is -2.42. The summed E-state index contributed by atoms with van der Waals surface area (Å²) in [6.45, 7) is 1.19. The Hall–Kier alpha value is -3.88. The number of aromatic nitrogens is 2. The minimum Gasteiger partial charge on any atom is -0.481 e. The second-order valence-electron chi connectivity index (χ2n) is 9.49. The van der Waals surface area contributed by atoms with Crippen molar-refractivity contribution in [3.05, 3.63) is 94.4 Å². The van der Waals surface area contributed by atoms with Crippen molar-refractivity contribution in [3.63, 3.8) is 0 Å². The Morgan fingerprint density at radius 2 is 1.77 bits per heavy atom. The topological polar surface area (TPSA) is 92.6 Å². The Kier molecular flexibility index (Phi) is 8.14. The molecule has 200 valence electrons. The molecule has 39 heavy (non-hydrogen) atoms. The minimum atomic E-state index is -0.828. The number of carbonyl (C=O) groups is 2. The average molecular weight is 548 g/mol. The monoisotopic (exact) mass is 547 g/mol. The Labute approximate surface area is 230 Å². The van der Waals surface area contributed by atoms with Gasteiger partial charge in [-0.15, -0.1) is 0 Å². The molecule has 1 aliphatic rings. The van der Waals surface area contributed by atoms with Crippen LogP contribution in [-0.4, -0.2) is 51.5 Å². The smallest absolute Gasteiger partial charge is 0.303 e. The largest absolute Gasteiger partial charge is 0.481 e. The summed E-state index contributed by atoms with van der Waals surface area (Å²) in [7, 11) is 0. The summed E-state index contributed by atoms with van der Waals surface area (Å²) in [4.78, 5) is 35.9. The summed E-state index contributed by atoms with van der Waals surface area (Å²) in [5, 5.41) is 9.61. The molecule has 1 atom stereocenters. The summed E-state index contributed by atoms with van der Waals surface area (Å²) < 4.78 is 19.2. The van der Waals surface area contributed by atoms with Crippen molar-refractivity contribution in [1.29, 1.82) is 0 Å². The van der Waals surface area contributed by atoms with Gasteiger partial charge in [0.25, 0.3) is 5.91 Å². The number of unbranched alkanes of at least 4 members (excludes halogenated alkanes) is 1. The van der Waals surface area contributed by atoms with Crippen molar-refractivity contribution in [1.82, 2.24) is 14.9 Å². The molecular weight excluding hydrogens is 521 g/mol. The van der Waals surface area contributed by atoms with E-state index in [9.17, 15) is 14.0 Å². The zero-order chi connectivity index (χ0) is 27.4. The number of rotatable bonds is 8. The first-order valence-electron chi connectivity index (χ1n) is 12.8. The van der Waals surface area contributed by atoms with Crippen LogP contribution in [0.5, 0.6) is 0 Å². The highest BCUT2D eigenvalue weighted by Gasteiger charge is 2.26. The van der Waals surface area contributed by atoms with Crippen LogP contribution in [0, 0.1) is 5.82 Å². The van der Waals surface area contributed by atoms with Gasteiger partial charge < -0.3 is 14.7 Å². The van der Waals surface area contributed by atoms with Gasteiger partial charge in [-0.05, 0) is 67.3 Å². The van der Waals surface area contributed by atoms with E-state index in [-0.39, 0.29) is 24.2 Å². The Balaban J connectivity index is 1.41. The number of benzene rings is 3. The maximum absolute atomic E-state index is 13.4. The molecule has 0 unspecified atom stereocenters. The fraction of sp³-hybridized carbons (Fsp3) is 0.267. The highest BCUT2D eigenvalue weighted by Crippen LogP contribution is 2.28. The molecule has 1 N–H and O–H groups in total. The molecule has 1 saturated heterocycles.